The first kappa shape index (κ1) is 15.4. The first-order chi connectivity index (χ1) is 9.70. The van der Waals surface area contributed by atoms with Crippen LogP contribution in [0.3, 0.4) is 0 Å². The van der Waals surface area contributed by atoms with E-state index in [1.165, 1.54) is 5.56 Å². The summed E-state index contributed by atoms with van der Waals surface area (Å²) in [6, 6.07) is 11.4. The van der Waals surface area contributed by atoms with Gasteiger partial charge in [-0.15, -0.1) is 0 Å². The Balaban J connectivity index is 1.92. The van der Waals surface area contributed by atoms with Crippen molar-refractivity contribution < 1.29 is 4.74 Å². The summed E-state index contributed by atoms with van der Waals surface area (Å²) in [5.41, 5.74) is 1.29. The fourth-order valence-electron chi connectivity index (χ4n) is 2.73. The number of likely N-dealkylation sites (N-methyl/N-ethyl adjacent to an activating group) is 2. The predicted molar refractivity (Wildman–Crippen MR) is 83.0 cm³/mol. The lowest BCUT2D eigenvalue weighted by Crippen LogP contribution is -2.54. The van der Waals surface area contributed by atoms with Gasteiger partial charge >= 0.3 is 0 Å². The van der Waals surface area contributed by atoms with Crippen LogP contribution in [0.25, 0.3) is 0 Å². The van der Waals surface area contributed by atoms with E-state index in [-0.39, 0.29) is 6.04 Å². The highest BCUT2D eigenvalue weighted by molar-refractivity contribution is 5.19. The summed E-state index contributed by atoms with van der Waals surface area (Å²) in [5.74, 6) is 0. The maximum absolute atomic E-state index is 5.36. The van der Waals surface area contributed by atoms with E-state index in [1.54, 1.807) is 7.11 Å². The van der Waals surface area contributed by atoms with Crippen molar-refractivity contribution in [2.75, 3.05) is 54.0 Å². The maximum atomic E-state index is 5.36. The molecule has 1 aromatic rings. The van der Waals surface area contributed by atoms with Crippen LogP contribution in [0.15, 0.2) is 30.3 Å². The summed E-state index contributed by atoms with van der Waals surface area (Å²) in [7, 11) is 6.18. The lowest BCUT2D eigenvalue weighted by Gasteiger charge is -2.38. The highest BCUT2D eigenvalue weighted by Gasteiger charge is 2.23. The average Bonchev–Trinajstić information content (AvgIpc) is 2.47. The van der Waals surface area contributed by atoms with Gasteiger partial charge in [-0.1, -0.05) is 30.3 Å². The average molecular weight is 277 g/mol. The van der Waals surface area contributed by atoms with Crippen molar-refractivity contribution in [1.82, 2.24) is 15.1 Å². The Morgan fingerprint density at radius 1 is 1.25 bits per heavy atom. The van der Waals surface area contributed by atoms with Gasteiger partial charge in [0, 0.05) is 39.3 Å². The van der Waals surface area contributed by atoms with E-state index in [1.807, 2.05) is 0 Å². The molecule has 0 radical (unpaired) electrons. The Bertz CT molecular complexity index is 385. The summed E-state index contributed by atoms with van der Waals surface area (Å²) >= 11 is 0. The monoisotopic (exact) mass is 277 g/mol. The zero-order valence-corrected chi connectivity index (χ0v) is 12.9. The molecule has 2 unspecified atom stereocenters. The molecule has 4 nitrogen and oxygen atoms in total. The normalized spacial score (nSPS) is 22.9. The van der Waals surface area contributed by atoms with Crippen LogP contribution in [0, 0.1) is 0 Å². The summed E-state index contributed by atoms with van der Waals surface area (Å²) in [5, 5.41) is 3.66. The van der Waals surface area contributed by atoms with E-state index in [0.29, 0.717) is 12.6 Å². The molecule has 2 rings (SSSR count). The van der Waals surface area contributed by atoms with Crippen LogP contribution in [0.1, 0.15) is 11.6 Å². The molecule has 0 bridgehead atoms. The van der Waals surface area contributed by atoms with E-state index in [0.717, 1.165) is 26.2 Å². The lowest BCUT2D eigenvalue weighted by molar-refractivity contribution is 0.104. The molecule has 4 heteroatoms. The van der Waals surface area contributed by atoms with Crippen molar-refractivity contribution in [2.45, 2.75) is 12.1 Å². The molecule has 1 fully saturated rings. The van der Waals surface area contributed by atoms with Gasteiger partial charge in [0.05, 0.1) is 12.6 Å². The fraction of sp³-hybridized carbons (Fsp3) is 0.625. The molecule has 1 aliphatic rings. The first-order valence-electron chi connectivity index (χ1n) is 7.36. The maximum Gasteiger partial charge on any atom is 0.0657 e. The van der Waals surface area contributed by atoms with Crippen molar-refractivity contribution in [3.63, 3.8) is 0 Å². The number of nitrogens with zero attached hydrogens (tertiary/aromatic N) is 2. The molecule has 112 valence electrons. The molecular formula is C16H27N3O. The second-order valence-electron chi connectivity index (χ2n) is 5.72. The Kier molecular flexibility index (Phi) is 5.98. The summed E-state index contributed by atoms with van der Waals surface area (Å²) in [6.45, 7) is 5.12. The van der Waals surface area contributed by atoms with Gasteiger partial charge < -0.3 is 15.0 Å². The van der Waals surface area contributed by atoms with Crippen LogP contribution < -0.4 is 5.32 Å². The molecule has 1 heterocycles. The topological polar surface area (TPSA) is 27.7 Å². The third-order valence-corrected chi connectivity index (χ3v) is 4.12. The van der Waals surface area contributed by atoms with Gasteiger partial charge in [0.2, 0.25) is 0 Å². The Morgan fingerprint density at radius 3 is 2.70 bits per heavy atom. The molecule has 20 heavy (non-hydrogen) atoms. The first-order valence-corrected chi connectivity index (χ1v) is 7.36. The second kappa shape index (κ2) is 7.74. The number of hydrogen-bond acceptors (Lipinski definition) is 4. The molecule has 0 spiro atoms. The van der Waals surface area contributed by atoms with Crippen molar-refractivity contribution in [1.29, 1.82) is 0 Å². The third kappa shape index (κ3) is 4.28. The minimum absolute atomic E-state index is 0.266. The molecule has 2 atom stereocenters. The predicted octanol–water partition coefficient (Wildman–Crippen LogP) is 1.21. The van der Waals surface area contributed by atoms with Crippen molar-refractivity contribution >= 4 is 0 Å². The fourth-order valence-corrected chi connectivity index (χ4v) is 2.73. The van der Waals surface area contributed by atoms with Gasteiger partial charge in [0.25, 0.3) is 0 Å². The minimum atomic E-state index is 0.266. The van der Waals surface area contributed by atoms with Crippen LogP contribution in [-0.4, -0.2) is 69.8 Å². The number of ether oxygens (including phenoxy) is 1. The molecule has 0 aromatic heterocycles. The van der Waals surface area contributed by atoms with E-state index < -0.39 is 0 Å². The van der Waals surface area contributed by atoms with E-state index in [4.69, 9.17) is 4.74 Å². The zero-order chi connectivity index (χ0) is 14.4. The van der Waals surface area contributed by atoms with Crippen molar-refractivity contribution in [3.8, 4) is 0 Å². The summed E-state index contributed by atoms with van der Waals surface area (Å²) in [6.07, 6.45) is 0. The van der Waals surface area contributed by atoms with Crippen molar-refractivity contribution in [2.24, 2.45) is 0 Å². The molecule has 1 saturated heterocycles. The third-order valence-electron chi connectivity index (χ3n) is 4.12. The Labute approximate surface area is 122 Å². The van der Waals surface area contributed by atoms with Crippen LogP contribution in [0.4, 0.5) is 0 Å². The number of rotatable bonds is 6. The smallest absolute Gasteiger partial charge is 0.0657 e. The van der Waals surface area contributed by atoms with E-state index in [2.05, 4.69) is 59.5 Å². The van der Waals surface area contributed by atoms with Crippen LogP contribution in [0.2, 0.25) is 0 Å². The van der Waals surface area contributed by atoms with Crippen LogP contribution >= 0.6 is 0 Å². The summed E-state index contributed by atoms with van der Waals surface area (Å²) in [4.78, 5) is 4.85. The molecule has 0 aliphatic carbocycles. The molecule has 1 aliphatic heterocycles. The Hall–Kier alpha value is -0.940. The number of piperazine rings is 1. The molecule has 1 aromatic carbocycles. The largest absolute Gasteiger partial charge is 0.383 e. The molecule has 0 amide bonds. The van der Waals surface area contributed by atoms with Gasteiger partial charge in [-0.05, 0) is 19.7 Å². The molecular weight excluding hydrogens is 250 g/mol. The molecule has 1 N–H and O–H groups in total. The Morgan fingerprint density at radius 2 is 2.00 bits per heavy atom. The minimum Gasteiger partial charge on any atom is -0.383 e. The van der Waals surface area contributed by atoms with Crippen molar-refractivity contribution in [3.05, 3.63) is 35.9 Å². The van der Waals surface area contributed by atoms with Gasteiger partial charge in [0.15, 0.2) is 0 Å². The quantitative estimate of drug-likeness (QED) is 0.846. The van der Waals surface area contributed by atoms with Gasteiger partial charge in [-0.3, -0.25) is 4.90 Å². The molecule has 0 saturated carbocycles. The zero-order valence-electron chi connectivity index (χ0n) is 12.9. The highest BCUT2D eigenvalue weighted by Crippen LogP contribution is 2.14. The number of hydrogen-bond donors (Lipinski definition) is 1. The lowest BCUT2D eigenvalue weighted by atomic mass is 10.1. The van der Waals surface area contributed by atoms with Crippen LogP contribution in [-0.2, 0) is 4.74 Å². The van der Waals surface area contributed by atoms with E-state index >= 15 is 0 Å². The number of benzene rings is 1. The van der Waals surface area contributed by atoms with E-state index in [9.17, 15) is 0 Å². The standard InChI is InChI=1S/C16H27N3O/c1-18-9-10-19(2)15(12-18)11-17-16(13-20-3)14-7-5-4-6-8-14/h4-8,15-17H,9-13H2,1-3H3. The second-order valence-corrected chi connectivity index (χ2v) is 5.72. The summed E-state index contributed by atoms with van der Waals surface area (Å²) < 4.78 is 5.36. The van der Waals surface area contributed by atoms with Crippen LogP contribution in [0.5, 0.6) is 0 Å². The number of nitrogens with one attached hydrogen (secondary N) is 1. The van der Waals surface area contributed by atoms with Gasteiger partial charge in [-0.25, -0.2) is 0 Å². The van der Waals surface area contributed by atoms with Gasteiger partial charge in [-0.2, -0.15) is 0 Å². The highest BCUT2D eigenvalue weighted by atomic mass is 16.5. The number of methoxy groups -OCH3 is 1. The SMILES string of the molecule is COCC(NCC1CN(C)CCN1C)c1ccccc1. The van der Waals surface area contributed by atoms with Gasteiger partial charge in [0.1, 0.15) is 0 Å².